The van der Waals surface area contributed by atoms with E-state index >= 15 is 0 Å². The average molecular weight is 266 g/mol. The van der Waals surface area contributed by atoms with Gasteiger partial charge in [-0.15, -0.1) is 0 Å². The lowest BCUT2D eigenvalue weighted by Gasteiger charge is -2.19. The molecule has 2 N–H and O–H groups in total. The second-order valence-electron chi connectivity index (χ2n) is 5.52. The van der Waals surface area contributed by atoms with Crippen LogP contribution >= 0.6 is 0 Å². The van der Waals surface area contributed by atoms with Crippen molar-refractivity contribution < 1.29 is 0 Å². The topological polar surface area (TPSA) is 73.3 Å². The smallest absolute Gasteiger partial charge is 0.328 e. The molecule has 6 nitrogen and oxygen atoms in total. The van der Waals surface area contributed by atoms with Crippen LogP contribution in [0.15, 0.2) is 15.7 Å². The van der Waals surface area contributed by atoms with Crippen molar-refractivity contribution in [1.29, 1.82) is 0 Å². The van der Waals surface area contributed by atoms with Crippen molar-refractivity contribution in [3.63, 3.8) is 0 Å². The molecule has 106 valence electrons. The van der Waals surface area contributed by atoms with Crippen molar-refractivity contribution in [2.75, 3.05) is 13.1 Å². The largest absolute Gasteiger partial charge is 0.330 e. The fraction of sp³-hybridized carbons (Fsp3) is 0.692. The summed E-state index contributed by atoms with van der Waals surface area (Å²) >= 11 is 0. The van der Waals surface area contributed by atoms with Gasteiger partial charge >= 0.3 is 5.69 Å². The van der Waals surface area contributed by atoms with E-state index in [-0.39, 0.29) is 17.3 Å². The normalized spacial score (nSPS) is 21.8. The van der Waals surface area contributed by atoms with Crippen molar-refractivity contribution in [1.82, 2.24) is 14.0 Å². The van der Waals surface area contributed by atoms with Crippen molar-refractivity contribution in [3.8, 4) is 0 Å². The molecular weight excluding hydrogens is 244 g/mol. The summed E-state index contributed by atoms with van der Waals surface area (Å²) in [5.74, 6) is 0.503. The monoisotopic (exact) mass is 266 g/mol. The first-order valence-electron chi connectivity index (χ1n) is 6.64. The third-order valence-corrected chi connectivity index (χ3v) is 4.06. The van der Waals surface area contributed by atoms with Gasteiger partial charge in [0.15, 0.2) is 0 Å². The van der Waals surface area contributed by atoms with Crippen LogP contribution < -0.4 is 17.0 Å². The van der Waals surface area contributed by atoms with Gasteiger partial charge in [0.05, 0.1) is 0 Å². The van der Waals surface area contributed by atoms with Gasteiger partial charge in [-0.2, -0.15) is 0 Å². The SMILES string of the molecule is CC(N)C1CCN(Cc2cc(=O)n(C)c(=O)n2C)C1. The lowest BCUT2D eigenvalue weighted by Crippen LogP contribution is -2.39. The highest BCUT2D eigenvalue weighted by atomic mass is 16.2. The molecule has 1 fully saturated rings. The predicted octanol–water partition coefficient (Wildman–Crippen LogP) is -0.747. The molecule has 0 saturated carbocycles. The number of rotatable bonds is 3. The molecule has 2 heterocycles. The zero-order valence-corrected chi connectivity index (χ0v) is 11.8. The number of aromatic nitrogens is 2. The van der Waals surface area contributed by atoms with Crippen molar-refractivity contribution in [3.05, 3.63) is 32.6 Å². The summed E-state index contributed by atoms with van der Waals surface area (Å²) in [6.07, 6.45) is 1.08. The van der Waals surface area contributed by atoms with Crippen molar-refractivity contribution in [2.24, 2.45) is 25.7 Å². The summed E-state index contributed by atoms with van der Waals surface area (Å²) in [7, 11) is 3.20. The van der Waals surface area contributed by atoms with Gasteiger partial charge in [0.1, 0.15) is 0 Å². The first kappa shape index (κ1) is 14.0. The molecule has 0 radical (unpaired) electrons. The van der Waals surface area contributed by atoms with E-state index in [0.717, 1.165) is 29.8 Å². The van der Waals surface area contributed by atoms with Gasteiger partial charge in [-0.05, 0) is 25.8 Å². The number of hydrogen-bond acceptors (Lipinski definition) is 4. The third kappa shape index (κ3) is 2.79. The lowest BCUT2D eigenvalue weighted by molar-refractivity contribution is 0.299. The number of nitrogens with zero attached hydrogens (tertiary/aromatic N) is 3. The summed E-state index contributed by atoms with van der Waals surface area (Å²) < 4.78 is 2.67. The van der Waals surface area contributed by atoms with Crippen LogP contribution in [0.1, 0.15) is 19.0 Å². The Balaban J connectivity index is 2.17. The quantitative estimate of drug-likeness (QED) is 0.781. The highest BCUT2D eigenvalue weighted by Gasteiger charge is 2.25. The molecule has 1 aliphatic rings. The molecule has 2 atom stereocenters. The highest BCUT2D eigenvalue weighted by Crippen LogP contribution is 2.19. The summed E-state index contributed by atoms with van der Waals surface area (Å²) in [4.78, 5) is 25.8. The average Bonchev–Trinajstić information content (AvgIpc) is 2.82. The molecule has 6 heteroatoms. The van der Waals surface area contributed by atoms with E-state index in [4.69, 9.17) is 5.73 Å². The summed E-state index contributed by atoms with van der Waals surface area (Å²) in [5, 5.41) is 0. The van der Waals surface area contributed by atoms with Crippen LogP contribution in [-0.2, 0) is 20.6 Å². The van der Waals surface area contributed by atoms with E-state index in [1.807, 2.05) is 6.92 Å². The molecule has 0 spiro atoms. The predicted molar refractivity (Wildman–Crippen MR) is 74.0 cm³/mol. The fourth-order valence-corrected chi connectivity index (χ4v) is 2.59. The molecule has 1 aromatic rings. The maximum absolute atomic E-state index is 11.8. The van der Waals surface area contributed by atoms with Gasteiger partial charge < -0.3 is 5.73 Å². The molecule has 19 heavy (non-hydrogen) atoms. The number of nitrogens with two attached hydrogens (primary N) is 1. The van der Waals surface area contributed by atoms with Crippen LogP contribution in [0, 0.1) is 5.92 Å². The minimum atomic E-state index is -0.273. The van der Waals surface area contributed by atoms with Crippen LogP contribution in [0.5, 0.6) is 0 Å². The number of hydrogen-bond donors (Lipinski definition) is 1. The van der Waals surface area contributed by atoms with Gasteiger partial charge in [-0.1, -0.05) is 0 Å². The van der Waals surface area contributed by atoms with Crippen LogP contribution in [-0.4, -0.2) is 33.2 Å². The Bertz CT molecular complexity index is 573. The van der Waals surface area contributed by atoms with Gasteiger partial charge in [0.25, 0.3) is 5.56 Å². The summed E-state index contributed by atoms with van der Waals surface area (Å²) in [6.45, 7) is 4.56. The Hall–Kier alpha value is -1.40. The number of likely N-dealkylation sites (tertiary alicyclic amines) is 1. The Morgan fingerprint density at radius 3 is 2.63 bits per heavy atom. The highest BCUT2D eigenvalue weighted by molar-refractivity contribution is 5.03. The first-order valence-corrected chi connectivity index (χ1v) is 6.64. The Morgan fingerprint density at radius 2 is 2.05 bits per heavy atom. The molecule has 1 aromatic heterocycles. The van der Waals surface area contributed by atoms with Gasteiger partial charge in [0.2, 0.25) is 0 Å². The standard InChI is InChI=1S/C13H22N4O2/c1-9(14)10-4-5-17(7-10)8-11-6-12(18)16(3)13(19)15(11)2/h6,9-10H,4-5,7-8,14H2,1-3H3. The van der Waals surface area contributed by atoms with Gasteiger partial charge in [-0.3, -0.25) is 18.8 Å². The molecular formula is C13H22N4O2. The van der Waals surface area contributed by atoms with Crippen molar-refractivity contribution in [2.45, 2.75) is 25.9 Å². The van der Waals surface area contributed by atoms with Crippen LogP contribution in [0.4, 0.5) is 0 Å². The molecule has 1 aliphatic heterocycles. The summed E-state index contributed by atoms with van der Waals surface area (Å²) in [5.41, 5.74) is 6.16. The van der Waals surface area contributed by atoms with Gasteiger partial charge in [-0.25, -0.2) is 4.79 Å². The molecule has 1 saturated heterocycles. The minimum Gasteiger partial charge on any atom is -0.328 e. The van der Waals surface area contributed by atoms with E-state index in [0.29, 0.717) is 12.5 Å². The second-order valence-corrected chi connectivity index (χ2v) is 5.52. The Labute approximate surface area is 112 Å². The minimum absolute atomic E-state index is 0.192. The van der Waals surface area contributed by atoms with Crippen LogP contribution in [0.25, 0.3) is 0 Å². The van der Waals surface area contributed by atoms with Crippen LogP contribution in [0.3, 0.4) is 0 Å². The molecule has 0 amide bonds. The maximum atomic E-state index is 11.8. The molecule has 0 aliphatic carbocycles. The maximum Gasteiger partial charge on any atom is 0.330 e. The van der Waals surface area contributed by atoms with E-state index in [1.165, 1.54) is 7.05 Å². The molecule has 2 unspecified atom stereocenters. The first-order chi connectivity index (χ1) is 8.90. The lowest BCUT2D eigenvalue weighted by atomic mass is 10.0. The Morgan fingerprint density at radius 1 is 1.37 bits per heavy atom. The zero-order valence-electron chi connectivity index (χ0n) is 11.8. The molecule has 0 aromatic carbocycles. The zero-order chi connectivity index (χ0) is 14.2. The van der Waals surface area contributed by atoms with Crippen molar-refractivity contribution >= 4 is 0 Å². The molecule has 0 bridgehead atoms. The fourth-order valence-electron chi connectivity index (χ4n) is 2.59. The van der Waals surface area contributed by atoms with E-state index in [2.05, 4.69) is 4.90 Å². The summed E-state index contributed by atoms with van der Waals surface area (Å²) in [6, 6.07) is 1.73. The van der Waals surface area contributed by atoms with E-state index in [1.54, 1.807) is 17.7 Å². The van der Waals surface area contributed by atoms with Gasteiger partial charge in [0, 0.05) is 45.0 Å². The molecule has 2 rings (SSSR count). The Kier molecular flexibility index (Phi) is 3.91. The second kappa shape index (κ2) is 5.30. The third-order valence-electron chi connectivity index (χ3n) is 4.06. The van der Waals surface area contributed by atoms with E-state index in [9.17, 15) is 9.59 Å². The van der Waals surface area contributed by atoms with Crippen LogP contribution in [0.2, 0.25) is 0 Å². The van der Waals surface area contributed by atoms with E-state index < -0.39 is 0 Å².